The highest BCUT2D eigenvalue weighted by Crippen LogP contribution is 2.22. The molecule has 17 heavy (non-hydrogen) atoms. The Morgan fingerprint density at radius 3 is 2.82 bits per heavy atom. The van der Waals surface area contributed by atoms with Crippen LogP contribution in [0.5, 0.6) is 0 Å². The average Bonchev–Trinajstić information content (AvgIpc) is 2.55. The van der Waals surface area contributed by atoms with Gasteiger partial charge in [-0.25, -0.2) is 9.69 Å². The maximum Gasteiger partial charge on any atom is 0.332 e. The van der Waals surface area contributed by atoms with Crippen LogP contribution in [0.1, 0.15) is 0 Å². The number of rotatable bonds is 2. The zero-order chi connectivity index (χ0) is 12.4. The minimum Gasteiger partial charge on any atom is -0.399 e. The molecule has 0 spiro atoms. The minimum atomic E-state index is -0.404. The van der Waals surface area contributed by atoms with E-state index in [-0.39, 0.29) is 19.0 Å². The molecule has 5 nitrogen and oxygen atoms in total. The molecule has 2 N–H and O–H groups in total. The molecule has 1 aliphatic heterocycles. The molecule has 2 rings (SSSR count). The maximum atomic E-state index is 11.9. The van der Waals surface area contributed by atoms with Crippen LogP contribution in [0.3, 0.4) is 0 Å². The fourth-order valence-corrected chi connectivity index (χ4v) is 1.70. The summed E-state index contributed by atoms with van der Waals surface area (Å²) in [5, 5.41) is 0. The number of carbonyl (C=O) groups excluding carboxylic acids is 2. The van der Waals surface area contributed by atoms with Gasteiger partial charge in [-0.15, -0.1) is 6.42 Å². The zero-order valence-electron chi connectivity index (χ0n) is 9.09. The van der Waals surface area contributed by atoms with Crippen molar-refractivity contribution in [1.82, 2.24) is 4.90 Å². The SMILES string of the molecule is C#CCN1CC(=O)N(c2cccc(N)c2)C1=O. The van der Waals surface area contributed by atoms with Crippen molar-refractivity contribution in [3.8, 4) is 12.3 Å². The second-order valence-electron chi connectivity index (χ2n) is 3.67. The highest BCUT2D eigenvalue weighted by Gasteiger charge is 2.36. The average molecular weight is 229 g/mol. The van der Waals surface area contributed by atoms with Crippen LogP contribution in [-0.2, 0) is 4.79 Å². The van der Waals surface area contributed by atoms with Crippen LogP contribution in [0.15, 0.2) is 24.3 Å². The molecule has 3 amide bonds. The van der Waals surface area contributed by atoms with Gasteiger partial charge in [0.05, 0.1) is 12.2 Å². The fourth-order valence-electron chi connectivity index (χ4n) is 1.70. The summed E-state index contributed by atoms with van der Waals surface area (Å²) in [7, 11) is 0. The van der Waals surface area contributed by atoms with Gasteiger partial charge < -0.3 is 10.6 Å². The van der Waals surface area contributed by atoms with Crippen LogP contribution < -0.4 is 10.6 Å². The lowest BCUT2D eigenvalue weighted by atomic mass is 10.2. The minimum absolute atomic E-state index is 0.0117. The molecule has 0 aliphatic carbocycles. The molecule has 1 aromatic carbocycles. The molecular formula is C12H11N3O2. The molecule has 1 aromatic rings. The zero-order valence-corrected chi connectivity index (χ0v) is 9.09. The molecule has 0 radical (unpaired) electrons. The molecule has 0 bridgehead atoms. The van der Waals surface area contributed by atoms with Crippen molar-refractivity contribution < 1.29 is 9.59 Å². The van der Waals surface area contributed by atoms with E-state index in [1.165, 1.54) is 4.90 Å². The Hall–Kier alpha value is -2.48. The van der Waals surface area contributed by atoms with Gasteiger partial charge in [-0.2, -0.15) is 0 Å². The Bertz CT molecular complexity index is 519. The molecule has 0 saturated carbocycles. The number of amides is 3. The van der Waals surface area contributed by atoms with Crippen molar-refractivity contribution in [2.75, 3.05) is 23.7 Å². The van der Waals surface area contributed by atoms with E-state index < -0.39 is 6.03 Å². The molecule has 1 saturated heterocycles. The fraction of sp³-hybridized carbons (Fsp3) is 0.167. The lowest BCUT2D eigenvalue weighted by molar-refractivity contribution is -0.116. The largest absolute Gasteiger partial charge is 0.399 e. The number of nitrogen functional groups attached to an aromatic ring is 1. The van der Waals surface area contributed by atoms with E-state index in [0.29, 0.717) is 11.4 Å². The van der Waals surface area contributed by atoms with Crippen molar-refractivity contribution in [3.05, 3.63) is 24.3 Å². The number of benzene rings is 1. The molecule has 1 heterocycles. The first-order valence-corrected chi connectivity index (χ1v) is 5.04. The molecule has 0 unspecified atom stereocenters. The number of hydrogen-bond acceptors (Lipinski definition) is 3. The smallest absolute Gasteiger partial charge is 0.332 e. The van der Waals surface area contributed by atoms with Crippen molar-refractivity contribution in [1.29, 1.82) is 0 Å². The number of nitrogens with two attached hydrogens (primary N) is 1. The van der Waals surface area contributed by atoms with Crippen LogP contribution in [0, 0.1) is 12.3 Å². The summed E-state index contributed by atoms with van der Waals surface area (Å²) in [6.45, 7) is 0.140. The topological polar surface area (TPSA) is 66.6 Å². The van der Waals surface area contributed by atoms with Crippen molar-refractivity contribution >= 4 is 23.3 Å². The summed E-state index contributed by atoms with van der Waals surface area (Å²) in [4.78, 5) is 26.0. The first-order valence-electron chi connectivity index (χ1n) is 5.04. The Morgan fingerprint density at radius 2 is 2.18 bits per heavy atom. The van der Waals surface area contributed by atoms with Gasteiger partial charge >= 0.3 is 6.03 Å². The van der Waals surface area contributed by atoms with Gasteiger partial charge in [-0.3, -0.25) is 4.79 Å². The quantitative estimate of drug-likeness (QED) is 0.460. The molecule has 5 heteroatoms. The summed E-state index contributed by atoms with van der Waals surface area (Å²) in [6, 6.07) is 6.21. The third-order valence-electron chi connectivity index (χ3n) is 2.45. The van der Waals surface area contributed by atoms with Gasteiger partial charge in [0.1, 0.15) is 6.54 Å². The third-order valence-corrected chi connectivity index (χ3v) is 2.45. The molecule has 0 aromatic heterocycles. The van der Waals surface area contributed by atoms with Gasteiger partial charge in [-0.05, 0) is 18.2 Å². The Kier molecular flexibility index (Phi) is 2.71. The van der Waals surface area contributed by atoms with E-state index in [1.807, 2.05) is 0 Å². The number of nitrogens with zero attached hydrogens (tertiary/aromatic N) is 2. The van der Waals surface area contributed by atoms with E-state index in [4.69, 9.17) is 12.2 Å². The van der Waals surface area contributed by atoms with Crippen LogP contribution >= 0.6 is 0 Å². The first kappa shape index (κ1) is 11.0. The number of hydrogen-bond donors (Lipinski definition) is 1. The van der Waals surface area contributed by atoms with E-state index in [2.05, 4.69) is 5.92 Å². The van der Waals surface area contributed by atoms with E-state index in [0.717, 1.165) is 4.90 Å². The van der Waals surface area contributed by atoms with E-state index in [1.54, 1.807) is 24.3 Å². The molecule has 1 aliphatic rings. The second kappa shape index (κ2) is 4.18. The molecule has 86 valence electrons. The number of urea groups is 1. The summed E-state index contributed by atoms with van der Waals surface area (Å²) < 4.78 is 0. The number of anilines is 2. The highest BCUT2D eigenvalue weighted by atomic mass is 16.2. The first-order chi connectivity index (χ1) is 8.13. The summed E-state index contributed by atoms with van der Waals surface area (Å²) in [5.74, 6) is 2.05. The van der Waals surface area contributed by atoms with E-state index >= 15 is 0 Å². The number of terminal acetylenes is 1. The maximum absolute atomic E-state index is 11.9. The summed E-state index contributed by atoms with van der Waals surface area (Å²) in [5.41, 5.74) is 6.59. The predicted octanol–water partition coefficient (Wildman–Crippen LogP) is 0.671. The Labute approximate surface area is 98.8 Å². The lowest BCUT2D eigenvalue weighted by Gasteiger charge is -2.15. The predicted molar refractivity (Wildman–Crippen MR) is 64.1 cm³/mol. The summed E-state index contributed by atoms with van der Waals surface area (Å²) >= 11 is 0. The van der Waals surface area contributed by atoms with Crippen LogP contribution in [0.2, 0.25) is 0 Å². The van der Waals surface area contributed by atoms with Crippen LogP contribution in [0.25, 0.3) is 0 Å². The monoisotopic (exact) mass is 229 g/mol. The third kappa shape index (κ3) is 1.93. The summed E-state index contributed by atoms with van der Waals surface area (Å²) in [6.07, 6.45) is 5.13. The van der Waals surface area contributed by atoms with Crippen molar-refractivity contribution in [2.24, 2.45) is 0 Å². The molecule has 1 fully saturated rings. The second-order valence-corrected chi connectivity index (χ2v) is 3.67. The van der Waals surface area contributed by atoms with Gasteiger partial charge in [0.2, 0.25) is 0 Å². The van der Waals surface area contributed by atoms with Crippen LogP contribution in [0.4, 0.5) is 16.2 Å². The normalized spacial score (nSPS) is 15.2. The standard InChI is InChI=1S/C12H11N3O2/c1-2-6-14-8-11(16)15(12(14)17)10-5-3-4-9(13)7-10/h1,3-5,7H,6,8,13H2. The van der Waals surface area contributed by atoms with Gasteiger partial charge in [0, 0.05) is 5.69 Å². The highest BCUT2D eigenvalue weighted by molar-refractivity contribution is 6.19. The Morgan fingerprint density at radius 1 is 1.41 bits per heavy atom. The van der Waals surface area contributed by atoms with Crippen molar-refractivity contribution in [2.45, 2.75) is 0 Å². The molecule has 0 atom stereocenters. The van der Waals surface area contributed by atoms with Crippen LogP contribution in [-0.4, -0.2) is 29.9 Å². The van der Waals surface area contributed by atoms with E-state index in [9.17, 15) is 9.59 Å². The Balaban J connectivity index is 2.31. The van der Waals surface area contributed by atoms with Crippen molar-refractivity contribution in [3.63, 3.8) is 0 Å². The number of carbonyl (C=O) groups is 2. The lowest BCUT2D eigenvalue weighted by Crippen LogP contribution is -2.33. The van der Waals surface area contributed by atoms with Gasteiger partial charge in [0.15, 0.2) is 0 Å². The number of imide groups is 1. The van der Waals surface area contributed by atoms with Gasteiger partial charge in [-0.1, -0.05) is 12.0 Å². The molecular weight excluding hydrogens is 218 g/mol. The van der Waals surface area contributed by atoms with Gasteiger partial charge in [0.25, 0.3) is 5.91 Å².